The highest BCUT2D eigenvalue weighted by Gasteiger charge is 2.14. The van der Waals surface area contributed by atoms with E-state index in [-0.39, 0.29) is 0 Å². The molecule has 32 heavy (non-hydrogen) atoms. The van der Waals surface area contributed by atoms with Crippen molar-refractivity contribution in [3.8, 4) is 11.4 Å². The molecule has 2 rings (SSSR count). The molecule has 2 aromatic rings. The van der Waals surface area contributed by atoms with Crippen molar-refractivity contribution in [1.29, 1.82) is 0 Å². The van der Waals surface area contributed by atoms with Crippen LogP contribution < -0.4 is 16.0 Å². The number of hydrogen-bond donors (Lipinski definition) is 2. The van der Waals surface area contributed by atoms with Gasteiger partial charge in [0.25, 0.3) is 0 Å². The molecule has 0 unspecified atom stereocenters. The topological polar surface area (TPSA) is 98.4 Å². The molecule has 9 heteroatoms. The minimum atomic E-state index is 0.521. The van der Waals surface area contributed by atoms with E-state index in [1.54, 1.807) is 0 Å². The zero-order valence-electron chi connectivity index (χ0n) is 19.4. The smallest absolute Gasteiger partial charge is 0.230 e. The van der Waals surface area contributed by atoms with Gasteiger partial charge >= 0.3 is 0 Å². The fourth-order valence-corrected chi connectivity index (χ4v) is 3.09. The normalized spacial score (nSPS) is 11.0. The molecule has 0 fully saturated rings. The van der Waals surface area contributed by atoms with Crippen LogP contribution in [0, 0.1) is 0 Å². The van der Waals surface area contributed by atoms with Gasteiger partial charge in [-0.1, -0.05) is 38.3 Å². The predicted molar refractivity (Wildman–Crippen MR) is 131 cm³/mol. The summed E-state index contributed by atoms with van der Waals surface area (Å²) in [6, 6.07) is 7.55. The van der Waals surface area contributed by atoms with Crippen LogP contribution in [0.5, 0.6) is 0 Å². The molecule has 0 aliphatic rings. The number of ether oxygens (including phenoxy) is 2. The predicted octanol–water partition coefficient (Wildman–Crippen LogP) is 4.00. The quantitative estimate of drug-likeness (QED) is 0.339. The van der Waals surface area contributed by atoms with Gasteiger partial charge in [-0.25, -0.2) is 0 Å². The maximum Gasteiger partial charge on any atom is 0.230 e. The Labute approximate surface area is 196 Å². The third-order valence-electron chi connectivity index (χ3n) is 4.74. The lowest BCUT2D eigenvalue weighted by Gasteiger charge is -2.23. The minimum Gasteiger partial charge on any atom is -0.378 e. The van der Waals surface area contributed by atoms with Crippen molar-refractivity contribution in [2.24, 2.45) is 5.73 Å². The highest BCUT2D eigenvalue weighted by Crippen LogP contribution is 2.22. The fraction of sp³-hybridized carbons (Fsp3) is 0.609. The number of nitrogens with two attached hydrogens (primary N) is 1. The van der Waals surface area contributed by atoms with E-state index in [2.05, 4.69) is 29.0 Å². The van der Waals surface area contributed by atoms with Crippen molar-refractivity contribution in [2.75, 3.05) is 62.8 Å². The van der Waals surface area contributed by atoms with Gasteiger partial charge in [0.15, 0.2) is 5.82 Å². The third-order valence-corrected chi connectivity index (χ3v) is 4.99. The molecule has 0 aliphatic heterocycles. The lowest BCUT2D eigenvalue weighted by Crippen LogP contribution is -2.28. The van der Waals surface area contributed by atoms with Crippen molar-refractivity contribution >= 4 is 23.5 Å². The molecule has 0 saturated carbocycles. The van der Waals surface area contributed by atoms with Crippen LogP contribution in [0.1, 0.15) is 39.5 Å². The second kappa shape index (κ2) is 15.7. The van der Waals surface area contributed by atoms with Gasteiger partial charge in [-0.05, 0) is 37.1 Å². The first kappa shape index (κ1) is 26.3. The van der Waals surface area contributed by atoms with E-state index in [1.165, 1.54) is 0 Å². The summed E-state index contributed by atoms with van der Waals surface area (Å²) in [7, 11) is 0. The van der Waals surface area contributed by atoms with Gasteiger partial charge in [0.1, 0.15) is 0 Å². The Kier molecular flexibility index (Phi) is 12.9. The van der Waals surface area contributed by atoms with Crippen LogP contribution in [-0.4, -0.2) is 67.6 Å². The van der Waals surface area contributed by atoms with Gasteiger partial charge in [-0.3, -0.25) is 0 Å². The van der Waals surface area contributed by atoms with Crippen LogP contribution in [0.15, 0.2) is 24.3 Å². The number of unbranched alkanes of at least 4 members (excludes halogenated alkanes) is 2. The molecule has 3 N–H and O–H groups in total. The minimum absolute atomic E-state index is 0.521. The third kappa shape index (κ3) is 9.65. The first-order valence-corrected chi connectivity index (χ1v) is 11.9. The molecule has 0 aliphatic carbocycles. The Morgan fingerprint density at radius 1 is 0.906 bits per heavy atom. The lowest BCUT2D eigenvalue weighted by atomic mass is 10.2. The molecule has 0 bridgehead atoms. The molecular formula is C23H37ClN6O2. The van der Waals surface area contributed by atoms with E-state index in [1.807, 2.05) is 24.3 Å². The molecule has 0 radical (unpaired) electrons. The van der Waals surface area contributed by atoms with Crippen molar-refractivity contribution < 1.29 is 9.47 Å². The number of anilines is 2. The van der Waals surface area contributed by atoms with E-state index in [4.69, 9.17) is 36.8 Å². The Balaban J connectivity index is 2.11. The van der Waals surface area contributed by atoms with E-state index < -0.39 is 0 Å². The molecular weight excluding hydrogens is 428 g/mol. The summed E-state index contributed by atoms with van der Waals surface area (Å²) in [6.07, 6.45) is 4.42. The van der Waals surface area contributed by atoms with Crippen LogP contribution in [0.2, 0.25) is 5.02 Å². The summed E-state index contributed by atoms with van der Waals surface area (Å²) in [5.41, 5.74) is 6.30. The van der Waals surface area contributed by atoms with Crippen LogP contribution in [0.3, 0.4) is 0 Å². The molecule has 1 aromatic carbocycles. The molecule has 1 heterocycles. The summed E-state index contributed by atoms with van der Waals surface area (Å²) in [5, 5.41) is 3.96. The Morgan fingerprint density at radius 2 is 1.56 bits per heavy atom. The average molecular weight is 465 g/mol. The molecule has 178 valence electrons. The second-order valence-electron chi connectivity index (χ2n) is 7.42. The van der Waals surface area contributed by atoms with Gasteiger partial charge < -0.3 is 25.4 Å². The molecule has 0 spiro atoms. The molecule has 1 aromatic heterocycles. The van der Waals surface area contributed by atoms with Crippen molar-refractivity contribution in [2.45, 2.75) is 39.5 Å². The van der Waals surface area contributed by atoms with Gasteiger partial charge in [-0.2, -0.15) is 15.0 Å². The first-order valence-electron chi connectivity index (χ1n) is 11.5. The molecule has 0 atom stereocenters. The summed E-state index contributed by atoms with van der Waals surface area (Å²) in [4.78, 5) is 16.4. The van der Waals surface area contributed by atoms with Gasteiger partial charge in [0.2, 0.25) is 11.9 Å². The van der Waals surface area contributed by atoms with Gasteiger partial charge in [-0.15, -0.1) is 0 Å². The highest BCUT2D eigenvalue weighted by molar-refractivity contribution is 6.30. The maximum atomic E-state index is 6.06. The van der Waals surface area contributed by atoms with Crippen LogP contribution >= 0.6 is 11.6 Å². The van der Waals surface area contributed by atoms with E-state index in [0.29, 0.717) is 62.3 Å². The SMILES string of the molecule is CCCCN(CCCC)c1nc(NCCOCCOCCN)nc(-c2ccc(Cl)cc2)n1. The number of aromatic nitrogens is 3. The Bertz CT molecular complexity index is 755. The molecule has 0 saturated heterocycles. The standard InChI is InChI=1S/C23H37ClN6O2/c1-3-5-13-30(14-6-4-2)23-28-21(19-7-9-20(24)10-8-19)27-22(29-23)26-12-16-32-18-17-31-15-11-25/h7-10H,3-6,11-18,25H2,1-2H3,(H,26,27,28,29). The van der Waals surface area contributed by atoms with Crippen LogP contribution in [0.25, 0.3) is 11.4 Å². The van der Waals surface area contributed by atoms with Gasteiger partial charge in [0.05, 0.1) is 26.4 Å². The number of benzene rings is 1. The number of halogens is 1. The Hall–Kier alpha value is -2.00. The zero-order valence-corrected chi connectivity index (χ0v) is 20.1. The fourth-order valence-electron chi connectivity index (χ4n) is 2.96. The van der Waals surface area contributed by atoms with E-state index >= 15 is 0 Å². The van der Waals surface area contributed by atoms with Crippen molar-refractivity contribution in [1.82, 2.24) is 15.0 Å². The Morgan fingerprint density at radius 3 is 2.19 bits per heavy atom. The van der Waals surface area contributed by atoms with Crippen molar-refractivity contribution in [3.63, 3.8) is 0 Å². The van der Waals surface area contributed by atoms with Gasteiger partial charge in [0, 0.05) is 36.8 Å². The monoisotopic (exact) mass is 464 g/mol. The highest BCUT2D eigenvalue weighted by atomic mass is 35.5. The maximum absolute atomic E-state index is 6.06. The first-order chi connectivity index (χ1) is 15.7. The lowest BCUT2D eigenvalue weighted by molar-refractivity contribution is 0.0547. The average Bonchev–Trinajstić information content (AvgIpc) is 2.81. The van der Waals surface area contributed by atoms with Crippen LogP contribution in [-0.2, 0) is 9.47 Å². The largest absolute Gasteiger partial charge is 0.378 e. The summed E-state index contributed by atoms with van der Waals surface area (Å²) >= 11 is 6.06. The zero-order chi connectivity index (χ0) is 23.0. The van der Waals surface area contributed by atoms with Crippen LogP contribution in [0.4, 0.5) is 11.9 Å². The number of rotatable bonds is 17. The van der Waals surface area contributed by atoms with Crippen molar-refractivity contribution in [3.05, 3.63) is 29.3 Å². The summed E-state index contributed by atoms with van der Waals surface area (Å²) in [5.74, 6) is 1.87. The molecule has 8 nitrogen and oxygen atoms in total. The summed E-state index contributed by atoms with van der Waals surface area (Å²) in [6.45, 7) is 9.49. The van der Waals surface area contributed by atoms with E-state index in [0.717, 1.165) is 44.3 Å². The number of nitrogens with zero attached hydrogens (tertiary/aromatic N) is 4. The number of nitrogens with one attached hydrogen (secondary N) is 1. The molecule has 0 amide bonds. The summed E-state index contributed by atoms with van der Waals surface area (Å²) < 4.78 is 10.9. The van der Waals surface area contributed by atoms with E-state index in [9.17, 15) is 0 Å². The second-order valence-corrected chi connectivity index (χ2v) is 7.86. The number of hydrogen-bond acceptors (Lipinski definition) is 8.